The van der Waals surface area contributed by atoms with Crippen LogP contribution in [-0.4, -0.2) is 25.5 Å². The van der Waals surface area contributed by atoms with E-state index in [-0.39, 0.29) is 12.3 Å². The van der Waals surface area contributed by atoms with Gasteiger partial charge >= 0.3 is 0 Å². The van der Waals surface area contributed by atoms with Gasteiger partial charge in [-0.05, 0) is 28.1 Å². The lowest BCUT2D eigenvalue weighted by molar-refractivity contribution is 0.0999. The van der Waals surface area contributed by atoms with Crippen LogP contribution in [0, 0.1) is 0 Å². The lowest BCUT2D eigenvalue weighted by atomic mass is 10.1. The number of benzene rings is 1. The number of nitrogens with two attached hydrogens (primary N) is 1. The van der Waals surface area contributed by atoms with Gasteiger partial charge in [0.05, 0.1) is 11.0 Å². The van der Waals surface area contributed by atoms with Crippen molar-refractivity contribution in [1.29, 1.82) is 0 Å². The Bertz CT molecular complexity index is 406. The summed E-state index contributed by atoms with van der Waals surface area (Å²) in [5.41, 5.74) is 5.84. The smallest absolute Gasteiger partial charge is 0.177 e. The first-order chi connectivity index (χ1) is 7.24. The number of hydrogen-bond donors (Lipinski definition) is 1. The molecule has 0 aromatic heterocycles. The van der Waals surface area contributed by atoms with Crippen molar-refractivity contribution in [3.8, 4) is 11.5 Å². The fraction of sp³-hybridized carbons (Fsp3) is 0.300. The molecule has 0 unspecified atom stereocenters. The van der Waals surface area contributed by atoms with Crippen LogP contribution in [0.25, 0.3) is 0 Å². The lowest BCUT2D eigenvalue weighted by Gasteiger charge is -2.20. The van der Waals surface area contributed by atoms with Crippen LogP contribution in [0.4, 0.5) is 0 Å². The summed E-state index contributed by atoms with van der Waals surface area (Å²) in [5, 5.41) is 0. The van der Waals surface area contributed by atoms with Gasteiger partial charge in [0.15, 0.2) is 17.3 Å². The molecule has 5 heteroatoms. The molecule has 4 nitrogen and oxygen atoms in total. The number of Topliss-reactive ketones (excluding diaryl/α,β-unsaturated/α-hetero) is 1. The number of ketones is 1. The van der Waals surface area contributed by atoms with E-state index in [1.165, 1.54) is 0 Å². The second kappa shape index (κ2) is 4.20. The van der Waals surface area contributed by atoms with Crippen LogP contribution in [0.15, 0.2) is 16.6 Å². The first-order valence-electron chi connectivity index (χ1n) is 4.55. The molecule has 0 amide bonds. The van der Waals surface area contributed by atoms with Crippen LogP contribution < -0.4 is 15.2 Å². The van der Waals surface area contributed by atoms with Gasteiger partial charge in [-0.3, -0.25) is 4.79 Å². The van der Waals surface area contributed by atoms with E-state index in [1.807, 2.05) is 0 Å². The lowest BCUT2D eigenvalue weighted by Crippen LogP contribution is -2.18. The minimum Gasteiger partial charge on any atom is -0.486 e. The number of carbonyl (C=O) groups is 1. The van der Waals surface area contributed by atoms with Gasteiger partial charge < -0.3 is 15.2 Å². The Hall–Kier alpha value is -1.07. The summed E-state index contributed by atoms with van der Waals surface area (Å²) in [6.07, 6.45) is 0. The molecule has 2 rings (SSSR count). The Kier molecular flexibility index (Phi) is 2.93. The van der Waals surface area contributed by atoms with Crippen LogP contribution in [0.3, 0.4) is 0 Å². The molecule has 0 spiro atoms. The number of fused-ring (bicyclic) bond motifs is 1. The number of rotatable bonds is 2. The van der Waals surface area contributed by atoms with Gasteiger partial charge in [0.25, 0.3) is 0 Å². The highest BCUT2D eigenvalue weighted by Gasteiger charge is 2.20. The Balaban J connectivity index is 2.47. The monoisotopic (exact) mass is 271 g/mol. The molecule has 0 saturated carbocycles. The Labute approximate surface area is 95.5 Å². The van der Waals surface area contributed by atoms with Crippen LogP contribution in [0.2, 0.25) is 0 Å². The zero-order valence-corrected chi connectivity index (χ0v) is 9.54. The Morgan fingerprint density at radius 3 is 2.87 bits per heavy atom. The normalized spacial score (nSPS) is 13.7. The largest absolute Gasteiger partial charge is 0.486 e. The summed E-state index contributed by atoms with van der Waals surface area (Å²) in [6, 6.07) is 3.41. The Morgan fingerprint density at radius 1 is 1.40 bits per heavy atom. The van der Waals surface area contributed by atoms with E-state index in [0.717, 1.165) is 0 Å². The third kappa shape index (κ3) is 1.85. The van der Waals surface area contributed by atoms with E-state index >= 15 is 0 Å². The predicted octanol–water partition coefficient (Wildman–Crippen LogP) is 1.36. The standard InChI is InChI=1S/C10H10BrNO3/c11-9-6(7(13)5-12)1-2-8-10(9)15-4-3-14-8/h1-2H,3-5,12H2. The molecular formula is C10H10BrNO3. The van der Waals surface area contributed by atoms with Crippen molar-refractivity contribution >= 4 is 21.7 Å². The van der Waals surface area contributed by atoms with Gasteiger partial charge in [-0.1, -0.05) is 0 Å². The average molecular weight is 272 g/mol. The Morgan fingerprint density at radius 2 is 2.13 bits per heavy atom. The van der Waals surface area contributed by atoms with Crippen LogP contribution in [0.1, 0.15) is 10.4 Å². The fourth-order valence-corrected chi connectivity index (χ4v) is 2.07. The van der Waals surface area contributed by atoms with Gasteiger partial charge in [-0.25, -0.2) is 0 Å². The predicted molar refractivity (Wildman–Crippen MR) is 58.5 cm³/mol. The number of ether oxygens (including phenoxy) is 2. The third-order valence-corrected chi connectivity index (χ3v) is 2.92. The summed E-state index contributed by atoms with van der Waals surface area (Å²) in [4.78, 5) is 11.5. The highest BCUT2D eigenvalue weighted by molar-refractivity contribution is 9.10. The minimum atomic E-state index is -0.126. The molecule has 1 aromatic rings. The van der Waals surface area contributed by atoms with Gasteiger partial charge in [0.2, 0.25) is 0 Å². The molecule has 80 valence electrons. The molecule has 0 bridgehead atoms. The van der Waals surface area contributed by atoms with Crippen molar-refractivity contribution in [3.05, 3.63) is 22.2 Å². The zero-order valence-electron chi connectivity index (χ0n) is 7.96. The van der Waals surface area contributed by atoms with Gasteiger partial charge in [0, 0.05) is 5.56 Å². The SMILES string of the molecule is NCC(=O)c1ccc2c(c1Br)OCCO2. The zero-order chi connectivity index (χ0) is 10.8. The molecule has 0 saturated heterocycles. The van der Waals surface area contributed by atoms with E-state index in [4.69, 9.17) is 15.2 Å². The second-order valence-corrected chi connectivity index (χ2v) is 3.87. The van der Waals surface area contributed by atoms with Crippen molar-refractivity contribution in [1.82, 2.24) is 0 Å². The van der Waals surface area contributed by atoms with Crippen molar-refractivity contribution in [2.75, 3.05) is 19.8 Å². The first kappa shape index (κ1) is 10.4. The van der Waals surface area contributed by atoms with Crippen molar-refractivity contribution < 1.29 is 14.3 Å². The molecule has 1 aliphatic rings. The minimum absolute atomic E-state index is 0.0156. The highest BCUT2D eigenvalue weighted by Crippen LogP contribution is 2.39. The molecule has 0 fully saturated rings. The van der Waals surface area contributed by atoms with Crippen molar-refractivity contribution in [2.45, 2.75) is 0 Å². The summed E-state index contributed by atoms with van der Waals surface area (Å²) in [5.74, 6) is 1.11. The molecule has 0 atom stereocenters. The molecule has 15 heavy (non-hydrogen) atoms. The van der Waals surface area contributed by atoms with E-state index in [1.54, 1.807) is 12.1 Å². The van der Waals surface area contributed by atoms with Gasteiger partial charge in [0.1, 0.15) is 13.2 Å². The van der Waals surface area contributed by atoms with E-state index < -0.39 is 0 Å². The average Bonchev–Trinajstić information content (AvgIpc) is 2.29. The van der Waals surface area contributed by atoms with Gasteiger partial charge in [-0.15, -0.1) is 0 Å². The number of hydrogen-bond acceptors (Lipinski definition) is 4. The third-order valence-electron chi connectivity index (χ3n) is 2.13. The molecule has 2 N–H and O–H groups in total. The van der Waals surface area contributed by atoms with Crippen molar-refractivity contribution in [3.63, 3.8) is 0 Å². The first-order valence-corrected chi connectivity index (χ1v) is 5.34. The van der Waals surface area contributed by atoms with E-state index in [0.29, 0.717) is 34.7 Å². The maximum absolute atomic E-state index is 11.5. The molecule has 1 aromatic carbocycles. The van der Waals surface area contributed by atoms with Gasteiger partial charge in [-0.2, -0.15) is 0 Å². The number of halogens is 1. The fourth-order valence-electron chi connectivity index (χ4n) is 1.41. The molecular weight excluding hydrogens is 262 g/mol. The molecule has 1 aliphatic heterocycles. The summed E-state index contributed by atoms with van der Waals surface area (Å²) in [6.45, 7) is 1.01. The van der Waals surface area contributed by atoms with E-state index in [9.17, 15) is 4.79 Å². The summed E-state index contributed by atoms with van der Waals surface area (Å²) in [7, 11) is 0. The van der Waals surface area contributed by atoms with Crippen LogP contribution in [0.5, 0.6) is 11.5 Å². The van der Waals surface area contributed by atoms with Crippen LogP contribution in [-0.2, 0) is 0 Å². The summed E-state index contributed by atoms with van der Waals surface area (Å²) >= 11 is 3.33. The molecule has 0 radical (unpaired) electrons. The number of carbonyl (C=O) groups excluding carboxylic acids is 1. The highest BCUT2D eigenvalue weighted by atomic mass is 79.9. The summed E-state index contributed by atoms with van der Waals surface area (Å²) < 4.78 is 11.4. The maximum Gasteiger partial charge on any atom is 0.177 e. The molecule has 0 aliphatic carbocycles. The maximum atomic E-state index is 11.5. The molecule has 1 heterocycles. The van der Waals surface area contributed by atoms with Crippen LogP contribution >= 0.6 is 15.9 Å². The second-order valence-electron chi connectivity index (χ2n) is 3.08. The van der Waals surface area contributed by atoms with Crippen molar-refractivity contribution in [2.24, 2.45) is 5.73 Å². The van der Waals surface area contributed by atoms with E-state index in [2.05, 4.69) is 15.9 Å². The topological polar surface area (TPSA) is 61.6 Å². The quantitative estimate of drug-likeness (QED) is 0.826.